The van der Waals surface area contributed by atoms with Crippen LogP contribution in [0, 0.1) is 12.8 Å². The summed E-state index contributed by atoms with van der Waals surface area (Å²) in [5, 5.41) is 8.90. The molecule has 1 aromatic heterocycles. The van der Waals surface area contributed by atoms with Gasteiger partial charge >= 0.3 is 0 Å². The Balaban J connectivity index is 1.33. The third-order valence-corrected chi connectivity index (χ3v) is 5.95. The molecule has 3 aromatic rings. The first kappa shape index (κ1) is 21.1. The first-order valence-electron chi connectivity index (χ1n) is 10.3. The van der Waals surface area contributed by atoms with Crippen LogP contribution in [0.1, 0.15) is 52.4 Å². The third-order valence-electron chi connectivity index (χ3n) is 5.12. The van der Waals surface area contributed by atoms with Crippen LogP contribution in [0.4, 0.5) is 5.69 Å². The number of carbonyl (C=O) groups excluding carboxylic acids is 2. The molecule has 0 radical (unpaired) electrons. The fourth-order valence-electron chi connectivity index (χ4n) is 3.17. The van der Waals surface area contributed by atoms with E-state index in [9.17, 15) is 9.59 Å². The van der Waals surface area contributed by atoms with Crippen molar-refractivity contribution in [3.63, 3.8) is 0 Å². The van der Waals surface area contributed by atoms with E-state index >= 15 is 0 Å². The Morgan fingerprint density at radius 2 is 1.97 bits per heavy atom. The van der Waals surface area contributed by atoms with Gasteiger partial charge in [0.15, 0.2) is 0 Å². The van der Waals surface area contributed by atoms with E-state index in [0.29, 0.717) is 17.9 Å². The van der Waals surface area contributed by atoms with Crippen molar-refractivity contribution in [3.8, 4) is 5.75 Å². The van der Waals surface area contributed by atoms with Crippen LogP contribution in [0.2, 0.25) is 0 Å². The molecule has 0 spiro atoms. The van der Waals surface area contributed by atoms with Crippen molar-refractivity contribution in [2.75, 3.05) is 5.32 Å². The number of carbonyl (C=O) groups is 2. The normalized spacial score (nSPS) is 14.0. The Bertz CT molecular complexity index is 1070. The molecule has 1 unspecified atom stereocenters. The van der Waals surface area contributed by atoms with Crippen LogP contribution < -0.4 is 15.4 Å². The molecule has 1 saturated carbocycles. The monoisotopic (exact) mass is 435 g/mol. The number of nitrogens with zero attached hydrogens (tertiary/aromatic N) is 1. The molecule has 2 amide bonds. The Kier molecular flexibility index (Phi) is 6.32. The molecular weight excluding hydrogens is 410 g/mol. The van der Waals surface area contributed by atoms with Crippen molar-refractivity contribution in [3.05, 3.63) is 75.7 Å². The molecule has 0 aliphatic heterocycles. The fraction of sp³-hybridized carbons (Fsp3) is 0.292. The number of nitrogens with one attached hydrogen (secondary N) is 2. The number of benzene rings is 2. The highest BCUT2D eigenvalue weighted by Gasteiger charge is 2.29. The topological polar surface area (TPSA) is 80.3 Å². The molecule has 0 bridgehead atoms. The van der Waals surface area contributed by atoms with Crippen molar-refractivity contribution < 1.29 is 14.3 Å². The van der Waals surface area contributed by atoms with E-state index in [4.69, 9.17) is 4.74 Å². The van der Waals surface area contributed by atoms with Crippen LogP contribution in [0.15, 0.2) is 53.9 Å². The third kappa shape index (κ3) is 5.70. The van der Waals surface area contributed by atoms with Gasteiger partial charge in [-0.3, -0.25) is 9.59 Å². The highest BCUT2D eigenvalue weighted by molar-refractivity contribution is 7.09. The van der Waals surface area contributed by atoms with Crippen molar-refractivity contribution in [1.82, 2.24) is 10.3 Å². The zero-order valence-corrected chi connectivity index (χ0v) is 18.4. The standard InChI is InChI=1S/C24H25N3O3S/c1-15(17-8-10-20(11-9-17)27-23(28)18-6-7-18)25-24(29)19-4-3-5-22(12-19)30-13-21-14-31-16(2)26-21/h3-5,8-12,14-15,18H,6-7,13H2,1-2H3,(H,25,29)(H,27,28). The lowest BCUT2D eigenvalue weighted by Gasteiger charge is -2.15. The molecule has 4 rings (SSSR count). The molecule has 1 aliphatic rings. The van der Waals surface area contributed by atoms with Crippen LogP contribution in [0.3, 0.4) is 0 Å². The molecule has 1 fully saturated rings. The lowest BCUT2D eigenvalue weighted by atomic mass is 10.1. The number of aromatic nitrogens is 1. The van der Waals surface area contributed by atoms with Crippen LogP contribution >= 0.6 is 11.3 Å². The molecule has 1 aliphatic carbocycles. The summed E-state index contributed by atoms with van der Waals surface area (Å²) in [7, 11) is 0. The smallest absolute Gasteiger partial charge is 0.251 e. The van der Waals surface area contributed by atoms with E-state index in [2.05, 4.69) is 15.6 Å². The van der Waals surface area contributed by atoms with Gasteiger partial charge in [0, 0.05) is 22.5 Å². The van der Waals surface area contributed by atoms with Crippen molar-refractivity contribution in [2.45, 2.75) is 39.3 Å². The Morgan fingerprint density at radius 3 is 2.65 bits per heavy atom. The number of hydrogen-bond acceptors (Lipinski definition) is 5. The summed E-state index contributed by atoms with van der Waals surface area (Å²) >= 11 is 1.58. The Morgan fingerprint density at radius 1 is 1.19 bits per heavy atom. The maximum Gasteiger partial charge on any atom is 0.251 e. The number of thiazole rings is 1. The summed E-state index contributed by atoms with van der Waals surface area (Å²) in [6, 6.07) is 14.5. The predicted octanol–water partition coefficient (Wildman–Crippen LogP) is 4.87. The van der Waals surface area contributed by atoms with Crippen LogP contribution in [0.25, 0.3) is 0 Å². The van der Waals surface area contributed by atoms with Gasteiger partial charge in [-0.2, -0.15) is 0 Å². The lowest BCUT2D eigenvalue weighted by Crippen LogP contribution is -2.26. The molecular formula is C24H25N3O3S. The van der Waals surface area contributed by atoms with E-state index in [1.807, 2.05) is 49.6 Å². The number of rotatable bonds is 8. The summed E-state index contributed by atoms with van der Waals surface area (Å²) in [5.41, 5.74) is 3.15. The largest absolute Gasteiger partial charge is 0.487 e. The maximum absolute atomic E-state index is 12.7. The van der Waals surface area contributed by atoms with Crippen LogP contribution in [-0.2, 0) is 11.4 Å². The molecule has 1 heterocycles. The minimum absolute atomic E-state index is 0.0844. The highest BCUT2D eigenvalue weighted by atomic mass is 32.1. The first-order valence-corrected chi connectivity index (χ1v) is 11.2. The number of amides is 2. The minimum Gasteiger partial charge on any atom is -0.487 e. The Hall–Kier alpha value is -3.19. The van der Waals surface area contributed by atoms with Crippen molar-refractivity contribution in [2.24, 2.45) is 5.92 Å². The number of aryl methyl sites for hydroxylation is 1. The van der Waals surface area contributed by atoms with E-state index in [-0.39, 0.29) is 23.8 Å². The summed E-state index contributed by atoms with van der Waals surface area (Å²) < 4.78 is 5.78. The van der Waals surface area contributed by atoms with Gasteiger partial charge in [-0.1, -0.05) is 18.2 Å². The van der Waals surface area contributed by atoms with Gasteiger partial charge in [-0.05, 0) is 62.6 Å². The molecule has 7 heteroatoms. The van der Waals surface area contributed by atoms with Gasteiger partial charge in [0.2, 0.25) is 5.91 Å². The van der Waals surface area contributed by atoms with Gasteiger partial charge in [-0.25, -0.2) is 4.98 Å². The van der Waals surface area contributed by atoms with E-state index in [1.54, 1.807) is 29.5 Å². The second kappa shape index (κ2) is 9.31. The van der Waals surface area contributed by atoms with Crippen LogP contribution in [-0.4, -0.2) is 16.8 Å². The second-order valence-corrected chi connectivity index (χ2v) is 8.82. The van der Waals surface area contributed by atoms with E-state index < -0.39 is 0 Å². The SMILES string of the molecule is Cc1nc(COc2cccc(C(=O)NC(C)c3ccc(NC(=O)C4CC4)cc3)c2)cs1. The predicted molar refractivity (Wildman–Crippen MR) is 121 cm³/mol. The van der Waals surface area contributed by atoms with Crippen molar-refractivity contribution in [1.29, 1.82) is 0 Å². The van der Waals surface area contributed by atoms with Gasteiger partial charge in [0.25, 0.3) is 5.91 Å². The van der Waals surface area contributed by atoms with Gasteiger partial charge < -0.3 is 15.4 Å². The second-order valence-electron chi connectivity index (χ2n) is 7.76. The maximum atomic E-state index is 12.7. The summed E-state index contributed by atoms with van der Waals surface area (Å²) in [5.74, 6) is 0.708. The quantitative estimate of drug-likeness (QED) is 0.529. The molecule has 1 atom stereocenters. The molecule has 160 valence electrons. The zero-order valence-electron chi connectivity index (χ0n) is 17.6. The van der Waals surface area contributed by atoms with Crippen LogP contribution in [0.5, 0.6) is 5.75 Å². The summed E-state index contributed by atoms with van der Waals surface area (Å²) in [4.78, 5) is 29.0. The number of ether oxygens (including phenoxy) is 1. The molecule has 0 saturated heterocycles. The Labute approximate surface area is 185 Å². The highest BCUT2D eigenvalue weighted by Crippen LogP contribution is 2.30. The molecule has 31 heavy (non-hydrogen) atoms. The van der Waals surface area contributed by atoms with E-state index in [1.165, 1.54) is 0 Å². The fourth-order valence-corrected chi connectivity index (χ4v) is 3.76. The average Bonchev–Trinajstić information content (AvgIpc) is 3.54. The van der Waals surface area contributed by atoms with E-state index in [0.717, 1.165) is 34.8 Å². The lowest BCUT2D eigenvalue weighted by molar-refractivity contribution is -0.117. The molecule has 6 nitrogen and oxygen atoms in total. The van der Waals surface area contributed by atoms with Crippen molar-refractivity contribution >= 4 is 28.8 Å². The zero-order chi connectivity index (χ0) is 21.8. The van der Waals surface area contributed by atoms with Gasteiger partial charge in [0.1, 0.15) is 12.4 Å². The minimum atomic E-state index is -0.178. The first-order chi connectivity index (χ1) is 15.0. The van der Waals surface area contributed by atoms with Gasteiger partial charge in [0.05, 0.1) is 16.7 Å². The molecule has 2 aromatic carbocycles. The average molecular weight is 436 g/mol. The summed E-state index contributed by atoms with van der Waals surface area (Å²) in [6.07, 6.45) is 1.95. The number of anilines is 1. The number of hydrogen-bond donors (Lipinski definition) is 2. The summed E-state index contributed by atoms with van der Waals surface area (Å²) in [6.45, 7) is 4.26. The van der Waals surface area contributed by atoms with Gasteiger partial charge in [-0.15, -0.1) is 11.3 Å². The molecule has 2 N–H and O–H groups in total.